The maximum atomic E-state index is 12.5. The summed E-state index contributed by atoms with van der Waals surface area (Å²) in [5.41, 5.74) is 1.25. The molecule has 0 aliphatic rings. The SMILES string of the molecule is CCN(CC)S(=O)(=O)c1cc(C(=O)O)cc(C)c1C. The number of aromatic carboxylic acids is 1. The second kappa shape index (κ2) is 5.71. The molecule has 0 saturated carbocycles. The lowest BCUT2D eigenvalue weighted by atomic mass is 10.1. The van der Waals surface area contributed by atoms with Crippen molar-refractivity contribution in [1.82, 2.24) is 4.31 Å². The molecule has 0 spiro atoms. The Hall–Kier alpha value is -1.40. The minimum Gasteiger partial charge on any atom is -0.478 e. The number of hydrogen-bond acceptors (Lipinski definition) is 3. The standard InChI is InChI=1S/C13H19NO4S/c1-5-14(6-2)19(17,18)12-8-11(13(15)16)7-9(3)10(12)4/h7-8H,5-6H2,1-4H3,(H,15,16). The first-order valence-corrected chi connectivity index (χ1v) is 7.54. The minimum absolute atomic E-state index is 0.00571. The van der Waals surface area contributed by atoms with Crippen LogP contribution in [0.15, 0.2) is 17.0 Å². The van der Waals surface area contributed by atoms with Crippen LogP contribution in [0.2, 0.25) is 0 Å². The number of aryl methyl sites for hydroxylation is 1. The molecular formula is C13H19NO4S. The second-order valence-corrected chi connectivity index (χ2v) is 6.22. The van der Waals surface area contributed by atoms with Crippen molar-refractivity contribution in [1.29, 1.82) is 0 Å². The number of carboxylic acid groups (broad SMARTS) is 1. The molecule has 0 radical (unpaired) electrons. The average molecular weight is 285 g/mol. The van der Waals surface area contributed by atoms with Crippen LogP contribution in [0.25, 0.3) is 0 Å². The Morgan fingerprint density at radius 2 is 1.74 bits per heavy atom. The predicted octanol–water partition coefficient (Wildman–Crippen LogP) is 2.03. The Morgan fingerprint density at radius 3 is 2.16 bits per heavy atom. The summed E-state index contributed by atoms with van der Waals surface area (Å²) in [6, 6.07) is 2.72. The number of hydrogen-bond donors (Lipinski definition) is 1. The van der Waals surface area contributed by atoms with Crippen LogP contribution < -0.4 is 0 Å². The van der Waals surface area contributed by atoms with Crippen LogP contribution in [-0.4, -0.2) is 36.9 Å². The molecule has 0 aromatic heterocycles. The van der Waals surface area contributed by atoms with Crippen LogP contribution in [-0.2, 0) is 10.0 Å². The highest BCUT2D eigenvalue weighted by molar-refractivity contribution is 7.89. The number of nitrogens with zero attached hydrogens (tertiary/aromatic N) is 1. The van der Waals surface area contributed by atoms with E-state index < -0.39 is 16.0 Å². The van der Waals surface area contributed by atoms with Crippen molar-refractivity contribution in [3.8, 4) is 0 Å². The Kier molecular flexibility index (Phi) is 4.70. The van der Waals surface area contributed by atoms with Crippen LogP contribution >= 0.6 is 0 Å². The van der Waals surface area contributed by atoms with Crippen molar-refractivity contribution >= 4 is 16.0 Å². The van der Waals surface area contributed by atoms with E-state index in [9.17, 15) is 13.2 Å². The Morgan fingerprint density at radius 1 is 1.21 bits per heavy atom. The fourth-order valence-electron chi connectivity index (χ4n) is 1.92. The Balaban J connectivity index is 3.54. The van der Waals surface area contributed by atoms with Crippen molar-refractivity contribution in [2.24, 2.45) is 0 Å². The molecule has 0 atom stereocenters. The van der Waals surface area contributed by atoms with Crippen LogP contribution in [0.5, 0.6) is 0 Å². The second-order valence-electron chi connectivity index (χ2n) is 4.31. The molecule has 0 unspecified atom stereocenters. The van der Waals surface area contributed by atoms with E-state index in [-0.39, 0.29) is 10.5 Å². The normalized spacial score (nSPS) is 11.8. The summed E-state index contributed by atoms with van der Waals surface area (Å²) < 4.78 is 26.3. The molecule has 6 heteroatoms. The van der Waals surface area contributed by atoms with Gasteiger partial charge in [0.25, 0.3) is 0 Å². The largest absolute Gasteiger partial charge is 0.478 e. The van der Waals surface area contributed by atoms with Gasteiger partial charge in [-0.3, -0.25) is 0 Å². The van der Waals surface area contributed by atoms with Gasteiger partial charge in [0.15, 0.2) is 0 Å². The summed E-state index contributed by atoms with van der Waals surface area (Å²) in [6.07, 6.45) is 0. The number of carbonyl (C=O) groups is 1. The first kappa shape index (κ1) is 15.7. The Labute approximate surface area is 113 Å². The van der Waals surface area contributed by atoms with Crippen molar-refractivity contribution in [2.75, 3.05) is 13.1 Å². The van der Waals surface area contributed by atoms with Crippen molar-refractivity contribution < 1.29 is 18.3 Å². The average Bonchev–Trinajstić information content (AvgIpc) is 2.33. The molecule has 0 amide bonds. The van der Waals surface area contributed by atoms with E-state index in [1.165, 1.54) is 16.4 Å². The van der Waals surface area contributed by atoms with Gasteiger partial charge >= 0.3 is 5.97 Å². The van der Waals surface area contributed by atoms with Crippen molar-refractivity contribution in [3.63, 3.8) is 0 Å². The highest BCUT2D eigenvalue weighted by atomic mass is 32.2. The first-order chi connectivity index (χ1) is 8.75. The summed E-state index contributed by atoms with van der Waals surface area (Å²) in [7, 11) is -3.64. The van der Waals surface area contributed by atoms with Gasteiger partial charge < -0.3 is 5.11 Å². The number of sulfonamides is 1. The summed E-state index contributed by atoms with van der Waals surface area (Å²) in [6.45, 7) is 7.62. The van der Waals surface area contributed by atoms with Crippen LogP contribution in [0.4, 0.5) is 0 Å². The molecule has 1 aromatic carbocycles. The van der Waals surface area contributed by atoms with Crippen LogP contribution in [0, 0.1) is 13.8 Å². The van der Waals surface area contributed by atoms with Gasteiger partial charge in [0.05, 0.1) is 10.5 Å². The van der Waals surface area contributed by atoms with Gasteiger partial charge in [0.2, 0.25) is 10.0 Å². The minimum atomic E-state index is -3.64. The van der Waals surface area contributed by atoms with E-state index in [0.717, 1.165) is 0 Å². The fraction of sp³-hybridized carbons (Fsp3) is 0.462. The van der Waals surface area contributed by atoms with Gasteiger partial charge in [-0.25, -0.2) is 13.2 Å². The summed E-state index contributed by atoms with van der Waals surface area (Å²) >= 11 is 0. The molecule has 106 valence electrons. The highest BCUT2D eigenvalue weighted by Crippen LogP contribution is 2.24. The maximum Gasteiger partial charge on any atom is 0.335 e. The lowest BCUT2D eigenvalue weighted by Gasteiger charge is -2.20. The third-order valence-corrected chi connectivity index (χ3v) is 5.37. The number of benzene rings is 1. The molecule has 0 fully saturated rings. The van der Waals surface area contributed by atoms with E-state index in [2.05, 4.69) is 0 Å². The quantitative estimate of drug-likeness (QED) is 0.898. The van der Waals surface area contributed by atoms with E-state index in [1.54, 1.807) is 27.7 Å². The number of carboxylic acids is 1. The van der Waals surface area contributed by atoms with Gasteiger partial charge in [-0.1, -0.05) is 13.8 Å². The zero-order valence-electron chi connectivity index (χ0n) is 11.6. The van der Waals surface area contributed by atoms with Crippen molar-refractivity contribution in [3.05, 3.63) is 28.8 Å². The lowest BCUT2D eigenvalue weighted by molar-refractivity contribution is 0.0696. The van der Waals surface area contributed by atoms with Gasteiger partial charge in [0, 0.05) is 13.1 Å². The topological polar surface area (TPSA) is 74.7 Å². The molecule has 0 aliphatic heterocycles. The Bertz CT molecular complexity index is 589. The summed E-state index contributed by atoms with van der Waals surface area (Å²) in [5, 5.41) is 9.03. The molecule has 0 bridgehead atoms. The third-order valence-electron chi connectivity index (χ3n) is 3.19. The van der Waals surface area contributed by atoms with E-state index in [0.29, 0.717) is 24.2 Å². The maximum absolute atomic E-state index is 12.5. The van der Waals surface area contributed by atoms with Gasteiger partial charge in [-0.15, -0.1) is 0 Å². The number of rotatable bonds is 5. The molecule has 1 aromatic rings. The fourth-order valence-corrected chi connectivity index (χ4v) is 3.70. The first-order valence-electron chi connectivity index (χ1n) is 6.10. The summed E-state index contributed by atoms with van der Waals surface area (Å²) in [5.74, 6) is -1.13. The van der Waals surface area contributed by atoms with Gasteiger partial charge in [-0.05, 0) is 37.1 Å². The molecule has 0 aliphatic carbocycles. The van der Waals surface area contributed by atoms with E-state index in [4.69, 9.17) is 5.11 Å². The monoisotopic (exact) mass is 285 g/mol. The zero-order valence-corrected chi connectivity index (χ0v) is 12.4. The van der Waals surface area contributed by atoms with E-state index >= 15 is 0 Å². The zero-order chi connectivity index (χ0) is 14.8. The smallest absolute Gasteiger partial charge is 0.335 e. The van der Waals surface area contributed by atoms with Crippen LogP contribution in [0.1, 0.15) is 35.3 Å². The molecule has 0 heterocycles. The molecule has 0 saturated heterocycles. The lowest BCUT2D eigenvalue weighted by Crippen LogP contribution is -2.31. The molecule has 1 rings (SSSR count). The molecule has 19 heavy (non-hydrogen) atoms. The van der Waals surface area contributed by atoms with E-state index in [1.807, 2.05) is 0 Å². The highest BCUT2D eigenvalue weighted by Gasteiger charge is 2.25. The van der Waals surface area contributed by atoms with Crippen molar-refractivity contribution in [2.45, 2.75) is 32.6 Å². The molecule has 5 nitrogen and oxygen atoms in total. The van der Waals surface area contributed by atoms with Gasteiger partial charge in [-0.2, -0.15) is 4.31 Å². The third kappa shape index (κ3) is 2.96. The molecule has 1 N–H and O–H groups in total. The molecular weight excluding hydrogens is 266 g/mol. The van der Waals surface area contributed by atoms with Gasteiger partial charge in [0.1, 0.15) is 0 Å². The predicted molar refractivity (Wildman–Crippen MR) is 73.0 cm³/mol. The summed E-state index contributed by atoms with van der Waals surface area (Å²) in [4.78, 5) is 11.1. The van der Waals surface area contributed by atoms with Crippen LogP contribution in [0.3, 0.4) is 0 Å².